The molecular weight excluding hydrogens is 113 g/mol. The molecular formula is C6H8BNO. The van der Waals surface area contributed by atoms with Crippen LogP contribution in [0.1, 0.15) is 0 Å². The van der Waals surface area contributed by atoms with Crippen molar-refractivity contribution in [2.45, 2.75) is 6.82 Å². The van der Waals surface area contributed by atoms with Crippen LogP contribution >= 0.6 is 0 Å². The van der Waals surface area contributed by atoms with Crippen LogP contribution in [0.25, 0.3) is 0 Å². The van der Waals surface area contributed by atoms with Crippen LogP contribution in [0.15, 0.2) is 24.5 Å². The molecule has 46 valence electrons. The van der Waals surface area contributed by atoms with Crippen molar-refractivity contribution in [3.05, 3.63) is 29.7 Å². The summed E-state index contributed by atoms with van der Waals surface area (Å²) in [4.78, 5) is 0. The van der Waals surface area contributed by atoms with E-state index in [1.807, 2.05) is 12.1 Å². The van der Waals surface area contributed by atoms with Crippen LogP contribution in [-0.4, -0.2) is 7.28 Å². The molecule has 0 fully saturated rings. The van der Waals surface area contributed by atoms with Crippen molar-refractivity contribution in [1.82, 2.24) is 0 Å². The number of hydrogen-bond donors (Lipinski definition) is 0. The minimum Gasteiger partial charge on any atom is -0.619 e. The molecule has 0 atom stereocenters. The van der Waals surface area contributed by atoms with Crippen LogP contribution in [-0.2, 0) is 0 Å². The largest absolute Gasteiger partial charge is 0.619 e. The summed E-state index contributed by atoms with van der Waals surface area (Å²) in [5, 5.41) is 10.5. The Morgan fingerprint density at radius 2 is 2.00 bits per heavy atom. The molecule has 0 amide bonds. The molecule has 0 unspecified atom stereocenters. The van der Waals surface area contributed by atoms with Crippen LogP contribution in [0.2, 0.25) is 6.82 Å². The molecule has 1 rings (SSSR count). The maximum atomic E-state index is 10.5. The third kappa shape index (κ3) is 1.45. The van der Waals surface area contributed by atoms with Gasteiger partial charge >= 0.3 is 0 Å². The first-order valence-corrected chi connectivity index (χ1v) is 3.00. The Morgan fingerprint density at radius 1 is 1.44 bits per heavy atom. The van der Waals surface area contributed by atoms with Gasteiger partial charge < -0.3 is 5.21 Å². The topological polar surface area (TPSA) is 26.9 Å². The third-order valence-electron chi connectivity index (χ3n) is 1.28. The van der Waals surface area contributed by atoms with Crippen LogP contribution in [0.5, 0.6) is 0 Å². The third-order valence-corrected chi connectivity index (χ3v) is 1.28. The molecule has 1 heterocycles. The number of pyridine rings is 1. The van der Waals surface area contributed by atoms with Crippen LogP contribution in [0.3, 0.4) is 0 Å². The van der Waals surface area contributed by atoms with Gasteiger partial charge in [-0.2, -0.15) is 4.73 Å². The smallest absolute Gasteiger partial charge is 0.179 e. The van der Waals surface area contributed by atoms with E-state index in [9.17, 15) is 5.21 Å². The summed E-state index contributed by atoms with van der Waals surface area (Å²) in [6, 6.07) is 3.65. The van der Waals surface area contributed by atoms with E-state index in [1.165, 1.54) is 17.9 Å². The van der Waals surface area contributed by atoms with Crippen molar-refractivity contribution < 1.29 is 4.73 Å². The van der Waals surface area contributed by atoms with Gasteiger partial charge in [0.15, 0.2) is 19.7 Å². The Balaban J connectivity index is 2.88. The zero-order valence-electron chi connectivity index (χ0n) is 5.37. The van der Waals surface area contributed by atoms with Gasteiger partial charge in [-0.25, -0.2) is 0 Å². The summed E-state index contributed by atoms with van der Waals surface area (Å²) >= 11 is 0. The van der Waals surface area contributed by atoms with Gasteiger partial charge in [0.1, 0.15) is 0 Å². The van der Waals surface area contributed by atoms with Gasteiger partial charge in [0, 0.05) is 0 Å². The molecule has 0 radical (unpaired) electrons. The molecule has 0 bridgehead atoms. The highest BCUT2D eigenvalue weighted by Gasteiger charge is 1.89. The molecule has 0 aliphatic carbocycles. The average molecular weight is 121 g/mol. The Morgan fingerprint density at radius 3 is 2.44 bits per heavy atom. The highest BCUT2D eigenvalue weighted by Crippen LogP contribution is 1.72. The quantitative estimate of drug-likeness (QED) is 0.277. The lowest BCUT2D eigenvalue weighted by molar-refractivity contribution is -0.605. The first kappa shape index (κ1) is 6.14. The van der Waals surface area contributed by atoms with Crippen molar-refractivity contribution in [2.75, 3.05) is 0 Å². The standard InChI is InChI=1S/C6H8BNO/c1-7-6-2-4-8(9)5-3-6/h2-5,7H,1H3. The number of nitrogens with zero attached hydrogens (tertiary/aromatic N) is 1. The minimum absolute atomic E-state index is 0.791. The fourth-order valence-corrected chi connectivity index (χ4v) is 0.679. The van der Waals surface area contributed by atoms with Crippen molar-refractivity contribution in [3.63, 3.8) is 0 Å². The lowest BCUT2D eigenvalue weighted by atomic mass is 9.74. The normalized spacial score (nSPS) is 9.00. The maximum absolute atomic E-state index is 10.5. The summed E-state index contributed by atoms with van der Waals surface area (Å²) < 4.78 is 0.791. The van der Waals surface area contributed by atoms with E-state index in [0.29, 0.717) is 0 Å². The van der Waals surface area contributed by atoms with Gasteiger partial charge in [0.2, 0.25) is 0 Å². The zero-order chi connectivity index (χ0) is 6.69. The Kier molecular flexibility index (Phi) is 1.73. The number of aromatic nitrogens is 1. The second-order valence-corrected chi connectivity index (χ2v) is 1.92. The van der Waals surface area contributed by atoms with Gasteiger partial charge in [0.05, 0.1) is 0 Å². The van der Waals surface area contributed by atoms with E-state index < -0.39 is 0 Å². The summed E-state index contributed by atoms with van der Waals surface area (Å²) in [5.74, 6) is 0. The monoisotopic (exact) mass is 121 g/mol. The summed E-state index contributed by atoms with van der Waals surface area (Å²) in [6.45, 7) is 2.06. The maximum Gasteiger partial charge on any atom is 0.179 e. The van der Waals surface area contributed by atoms with Crippen LogP contribution in [0.4, 0.5) is 0 Å². The Hall–Kier alpha value is -0.985. The van der Waals surface area contributed by atoms with Crippen LogP contribution < -0.4 is 10.2 Å². The first-order valence-electron chi connectivity index (χ1n) is 3.00. The number of rotatable bonds is 1. The molecule has 0 saturated heterocycles. The average Bonchev–Trinajstić information content (AvgIpc) is 1.90. The van der Waals surface area contributed by atoms with Gasteiger partial charge in [-0.15, -0.1) is 0 Å². The van der Waals surface area contributed by atoms with E-state index in [4.69, 9.17) is 0 Å². The molecule has 2 nitrogen and oxygen atoms in total. The molecule has 0 aliphatic rings. The summed E-state index contributed by atoms with van der Waals surface area (Å²) in [7, 11) is 0.987. The highest BCUT2D eigenvalue weighted by molar-refractivity contribution is 6.51. The fourth-order valence-electron chi connectivity index (χ4n) is 0.679. The zero-order valence-corrected chi connectivity index (χ0v) is 5.37. The molecule has 1 aromatic heterocycles. The van der Waals surface area contributed by atoms with E-state index in [2.05, 4.69) is 6.82 Å². The fraction of sp³-hybridized carbons (Fsp3) is 0.167. The van der Waals surface area contributed by atoms with Crippen molar-refractivity contribution >= 4 is 12.7 Å². The van der Waals surface area contributed by atoms with Crippen molar-refractivity contribution in [2.24, 2.45) is 0 Å². The second kappa shape index (κ2) is 2.53. The predicted octanol–water partition coefficient (Wildman–Crippen LogP) is -0.570. The van der Waals surface area contributed by atoms with E-state index in [1.54, 1.807) is 0 Å². The van der Waals surface area contributed by atoms with E-state index in [0.717, 1.165) is 12.0 Å². The lowest BCUT2D eigenvalue weighted by Crippen LogP contribution is -2.27. The Labute approximate surface area is 55.0 Å². The lowest BCUT2D eigenvalue weighted by Gasteiger charge is -1.94. The molecule has 0 N–H and O–H groups in total. The highest BCUT2D eigenvalue weighted by atomic mass is 16.5. The molecule has 9 heavy (non-hydrogen) atoms. The van der Waals surface area contributed by atoms with Gasteiger partial charge in [-0.05, 0) is 12.1 Å². The van der Waals surface area contributed by atoms with Crippen molar-refractivity contribution in [3.8, 4) is 0 Å². The molecule has 0 aliphatic heterocycles. The van der Waals surface area contributed by atoms with Crippen LogP contribution in [0, 0.1) is 5.21 Å². The molecule has 0 aromatic carbocycles. The Bertz CT molecular complexity index is 185. The van der Waals surface area contributed by atoms with Gasteiger partial charge in [-0.3, -0.25) is 0 Å². The summed E-state index contributed by atoms with van der Waals surface area (Å²) in [5.41, 5.74) is 1.20. The van der Waals surface area contributed by atoms with E-state index >= 15 is 0 Å². The number of hydrogen-bond acceptors (Lipinski definition) is 1. The first-order chi connectivity index (χ1) is 4.33. The second-order valence-electron chi connectivity index (χ2n) is 1.92. The van der Waals surface area contributed by atoms with Crippen molar-refractivity contribution in [1.29, 1.82) is 0 Å². The molecule has 3 heteroatoms. The predicted molar refractivity (Wildman–Crippen MR) is 38.0 cm³/mol. The summed E-state index contributed by atoms with van der Waals surface area (Å²) in [6.07, 6.45) is 3.03. The minimum atomic E-state index is 0.791. The molecule has 1 aromatic rings. The van der Waals surface area contributed by atoms with Gasteiger partial charge in [0.25, 0.3) is 0 Å². The van der Waals surface area contributed by atoms with Gasteiger partial charge in [-0.1, -0.05) is 12.3 Å². The SMILES string of the molecule is CBc1cc[n+]([O-])cc1. The molecule has 0 saturated carbocycles. The molecule has 0 spiro atoms. The van der Waals surface area contributed by atoms with E-state index in [-0.39, 0.29) is 0 Å².